The monoisotopic (exact) mass is 306 g/mol. The molecule has 1 aromatic heterocycles. The molecule has 0 aromatic carbocycles. The first-order chi connectivity index (χ1) is 10.5. The highest BCUT2D eigenvalue weighted by molar-refractivity contribution is 5.73. The van der Waals surface area contributed by atoms with Gasteiger partial charge in [-0.05, 0) is 19.8 Å². The Balaban J connectivity index is 1.79. The van der Waals surface area contributed by atoms with Crippen LogP contribution in [0.5, 0.6) is 0 Å². The highest BCUT2D eigenvalue weighted by atomic mass is 16.4. The van der Waals surface area contributed by atoms with Crippen molar-refractivity contribution in [2.45, 2.75) is 45.7 Å². The normalized spacial score (nSPS) is 19.2. The lowest BCUT2D eigenvalue weighted by molar-refractivity contribution is -0.129. The lowest BCUT2D eigenvalue weighted by atomic mass is 10.0. The van der Waals surface area contributed by atoms with Crippen molar-refractivity contribution < 1.29 is 14.7 Å². The van der Waals surface area contributed by atoms with Crippen LogP contribution in [0, 0.1) is 6.92 Å². The Hall–Kier alpha value is -2.05. The third-order valence-corrected chi connectivity index (χ3v) is 4.77. The summed E-state index contributed by atoms with van der Waals surface area (Å²) in [5.41, 5.74) is 2.23. The molecular weight excluding hydrogens is 284 g/mol. The second-order valence-electron chi connectivity index (χ2n) is 6.11. The fraction of sp³-hybridized carbons (Fsp3) is 0.667. The van der Waals surface area contributed by atoms with Crippen molar-refractivity contribution in [1.29, 1.82) is 0 Å². The molecule has 0 spiro atoms. The number of rotatable bonds is 1. The molecule has 0 atom stereocenters. The number of aryl methyl sites for hydroxylation is 1. The minimum absolute atomic E-state index is 0.0904. The van der Waals surface area contributed by atoms with E-state index in [2.05, 4.69) is 9.55 Å². The Morgan fingerprint density at radius 3 is 2.45 bits per heavy atom. The molecule has 0 aliphatic carbocycles. The van der Waals surface area contributed by atoms with Crippen LogP contribution in [0.4, 0.5) is 4.79 Å². The van der Waals surface area contributed by atoms with E-state index in [1.165, 1.54) is 10.6 Å². The van der Waals surface area contributed by atoms with E-state index in [-0.39, 0.29) is 5.91 Å². The van der Waals surface area contributed by atoms with Crippen molar-refractivity contribution in [3.05, 3.63) is 17.2 Å². The van der Waals surface area contributed by atoms with E-state index >= 15 is 0 Å². The second kappa shape index (κ2) is 5.62. The molecule has 2 aliphatic heterocycles. The van der Waals surface area contributed by atoms with Crippen LogP contribution in [-0.4, -0.2) is 56.1 Å². The van der Waals surface area contributed by atoms with Crippen LogP contribution < -0.4 is 0 Å². The molecule has 1 saturated heterocycles. The van der Waals surface area contributed by atoms with Crippen molar-refractivity contribution in [3.8, 4) is 0 Å². The summed E-state index contributed by atoms with van der Waals surface area (Å²) in [5.74, 6) is 1.07. The van der Waals surface area contributed by atoms with Crippen LogP contribution in [0.1, 0.15) is 43.0 Å². The van der Waals surface area contributed by atoms with Gasteiger partial charge in [0.1, 0.15) is 5.82 Å². The van der Waals surface area contributed by atoms with E-state index in [1.807, 2.05) is 11.8 Å². The number of amides is 2. The molecule has 2 aliphatic rings. The highest BCUT2D eigenvalue weighted by Gasteiger charge is 2.30. The van der Waals surface area contributed by atoms with Gasteiger partial charge in [-0.3, -0.25) is 4.79 Å². The maximum absolute atomic E-state index is 11.5. The molecule has 0 bridgehead atoms. The molecule has 7 heteroatoms. The maximum atomic E-state index is 11.5. The average molecular weight is 306 g/mol. The number of hydrogen-bond donors (Lipinski definition) is 1. The number of carbonyl (C=O) groups excluding carboxylic acids is 1. The van der Waals surface area contributed by atoms with E-state index < -0.39 is 6.09 Å². The van der Waals surface area contributed by atoms with Gasteiger partial charge in [0.15, 0.2) is 0 Å². The van der Waals surface area contributed by atoms with Gasteiger partial charge in [0.05, 0.1) is 12.2 Å². The minimum atomic E-state index is -0.833. The summed E-state index contributed by atoms with van der Waals surface area (Å²) < 4.78 is 2.28. The molecule has 3 heterocycles. The van der Waals surface area contributed by atoms with Gasteiger partial charge in [0.25, 0.3) is 0 Å². The summed E-state index contributed by atoms with van der Waals surface area (Å²) in [5, 5.41) is 9.05. The van der Waals surface area contributed by atoms with Crippen molar-refractivity contribution in [2.24, 2.45) is 0 Å². The van der Waals surface area contributed by atoms with Gasteiger partial charge >= 0.3 is 6.09 Å². The number of imidazole rings is 1. The third-order valence-electron chi connectivity index (χ3n) is 4.77. The maximum Gasteiger partial charge on any atom is 0.407 e. The van der Waals surface area contributed by atoms with Crippen LogP contribution in [-0.2, 0) is 17.8 Å². The third kappa shape index (κ3) is 2.55. The average Bonchev–Trinajstić information content (AvgIpc) is 2.82. The number of carbonyl (C=O) groups is 2. The zero-order valence-electron chi connectivity index (χ0n) is 13.1. The first-order valence-electron chi connectivity index (χ1n) is 7.77. The van der Waals surface area contributed by atoms with Gasteiger partial charge in [0, 0.05) is 44.7 Å². The van der Waals surface area contributed by atoms with Crippen LogP contribution >= 0.6 is 0 Å². The van der Waals surface area contributed by atoms with E-state index in [4.69, 9.17) is 5.11 Å². The number of fused-ring (bicyclic) bond motifs is 1. The predicted molar refractivity (Wildman–Crippen MR) is 79.6 cm³/mol. The zero-order valence-corrected chi connectivity index (χ0v) is 13.1. The summed E-state index contributed by atoms with van der Waals surface area (Å²) in [6.45, 7) is 6.07. The van der Waals surface area contributed by atoms with E-state index in [0.717, 1.165) is 37.3 Å². The lowest BCUT2D eigenvalue weighted by Gasteiger charge is -2.33. The Labute approximate surface area is 129 Å². The SMILES string of the molecule is CC(=O)N1CCc2c(nc(C)n2C2CCN(C(=O)O)CC2)C1. The van der Waals surface area contributed by atoms with Crippen molar-refractivity contribution in [3.63, 3.8) is 0 Å². The predicted octanol–water partition coefficient (Wildman–Crippen LogP) is 1.41. The highest BCUT2D eigenvalue weighted by Crippen LogP contribution is 2.29. The quantitative estimate of drug-likeness (QED) is 0.851. The molecule has 2 amide bonds. The van der Waals surface area contributed by atoms with E-state index in [9.17, 15) is 9.59 Å². The standard InChI is InChI=1S/C15H22N4O3/c1-10-16-13-9-18(11(2)20)8-5-14(13)19(10)12-3-6-17(7-4-12)15(21)22/h12H,3-9H2,1-2H3,(H,21,22). The minimum Gasteiger partial charge on any atom is -0.465 e. The van der Waals surface area contributed by atoms with Gasteiger partial charge in [-0.25, -0.2) is 9.78 Å². The number of piperidine rings is 1. The molecule has 1 N–H and O–H groups in total. The fourth-order valence-electron chi connectivity index (χ4n) is 3.61. The summed E-state index contributed by atoms with van der Waals surface area (Å²) in [6.07, 6.45) is 1.65. The molecule has 22 heavy (non-hydrogen) atoms. The van der Waals surface area contributed by atoms with Crippen molar-refractivity contribution in [1.82, 2.24) is 19.4 Å². The van der Waals surface area contributed by atoms with Gasteiger partial charge in [-0.15, -0.1) is 0 Å². The summed E-state index contributed by atoms with van der Waals surface area (Å²) in [6, 6.07) is 0.315. The molecule has 0 saturated carbocycles. The van der Waals surface area contributed by atoms with Gasteiger partial charge in [-0.2, -0.15) is 0 Å². The molecule has 1 fully saturated rings. The molecule has 1 aromatic rings. The number of carboxylic acid groups (broad SMARTS) is 1. The molecule has 3 rings (SSSR count). The first kappa shape index (κ1) is 14.9. The van der Waals surface area contributed by atoms with Crippen molar-refractivity contribution in [2.75, 3.05) is 19.6 Å². The number of nitrogens with zero attached hydrogens (tertiary/aromatic N) is 4. The van der Waals surface area contributed by atoms with Crippen molar-refractivity contribution >= 4 is 12.0 Å². The molecule has 0 radical (unpaired) electrons. The van der Waals surface area contributed by atoms with Crippen LogP contribution in [0.3, 0.4) is 0 Å². The van der Waals surface area contributed by atoms with Gasteiger partial charge < -0.3 is 19.5 Å². The smallest absolute Gasteiger partial charge is 0.407 e. The molecular formula is C15H22N4O3. The first-order valence-corrected chi connectivity index (χ1v) is 7.77. The van der Waals surface area contributed by atoms with Gasteiger partial charge in [-0.1, -0.05) is 0 Å². The zero-order chi connectivity index (χ0) is 15.9. The van der Waals surface area contributed by atoms with Crippen LogP contribution in [0.15, 0.2) is 0 Å². The van der Waals surface area contributed by atoms with Crippen LogP contribution in [0.25, 0.3) is 0 Å². The largest absolute Gasteiger partial charge is 0.465 e. The van der Waals surface area contributed by atoms with Crippen LogP contribution in [0.2, 0.25) is 0 Å². The Morgan fingerprint density at radius 1 is 1.18 bits per heavy atom. The van der Waals surface area contributed by atoms with E-state index in [0.29, 0.717) is 25.7 Å². The molecule has 0 unspecified atom stereocenters. The van der Waals surface area contributed by atoms with Gasteiger partial charge in [0.2, 0.25) is 5.91 Å². The summed E-state index contributed by atoms with van der Waals surface area (Å²) >= 11 is 0. The fourth-order valence-corrected chi connectivity index (χ4v) is 3.61. The number of likely N-dealkylation sites (tertiary alicyclic amines) is 1. The second-order valence-corrected chi connectivity index (χ2v) is 6.11. The number of hydrogen-bond acceptors (Lipinski definition) is 3. The Morgan fingerprint density at radius 2 is 1.86 bits per heavy atom. The van der Waals surface area contributed by atoms with E-state index in [1.54, 1.807) is 6.92 Å². The number of aromatic nitrogens is 2. The Bertz CT molecular complexity index is 602. The lowest BCUT2D eigenvalue weighted by Crippen LogP contribution is -2.39. The molecule has 7 nitrogen and oxygen atoms in total. The summed E-state index contributed by atoms with van der Waals surface area (Å²) in [7, 11) is 0. The topological polar surface area (TPSA) is 78.7 Å². The Kier molecular flexibility index (Phi) is 3.80. The molecule has 120 valence electrons. The summed E-state index contributed by atoms with van der Waals surface area (Å²) in [4.78, 5) is 30.5.